The van der Waals surface area contributed by atoms with Crippen LogP contribution >= 0.6 is 0 Å². The third-order valence-corrected chi connectivity index (χ3v) is 6.99. The van der Waals surface area contributed by atoms with Crippen molar-refractivity contribution in [3.8, 4) is 11.5 Å². The molecular formula is C37H38N2O5. The minimum absolute atomic E-state index is 0.0870. The Balaban J connectivity index is 1.46. The van der Waals surface area contributed by atoms with E-state index >= 15 is 0 Å². The van der Waals surface area contributed by atoms with Gasteiger partial charge in [0.15, 0.2) is 0 Å². The van der Waals surface area contributed by atoms with Gasteiger partial charge in [0.25, 0.3) is 5.91 Å². The number of hydrogen-bond donors (Lipinski definition) is 1. The molecule has 1 amide bonds. The second-order valence-electron chi connectivity index (χ2n) is 12.0. The lowest BCUT2D eigenvalue weighted by molar-refractivity contribution is 0.0544. The highest BCUT2D eigenvalue weighted by molar-refractivity contribution is 6.07. The van der Waals surface area contributed by atoms with E-state index in [9.17, 15) is 9.59 Å². The van der Waals surface area contributed by atoms with Crippen LogP contribution in [0.3, 0.4) is 0 Å². The van der Waals surface area contributed by atoms with Crippen molar-refractivity contribution < 1.29 is 23.8 Å². The fourth-order valence-corrected chi connectivity index (χ4v) is 4.80. The van der Waals surface area contributed by atoms with Crippen LogP contribution in [0, 0.1) is 0 Å². The van der Waals surface area contributed by atoms with E-state index in [1.165, 1.54) is 4.57 Å². The summed E-state index contributed by atoms with van der Waals surface area (Å²) in [5.41, 5.74) is 3.84. The molecule has 7 heteroatoms. The number of nitrogens with one attached hydrogen (secondary N) is 1. The number of fused-ring (bicyclic) bond motifs is 1. The Morgan fingerprint density at radius 1 is 0.773 bits per heavy atom. The molecule has 0 saturated heterocycles. The van der Waals surface area contributed by atoms with Crippen LogP contribution in [0.4, 0.5) is 10.5 Å². The maximum absolute atomic E-state index is 13.9. The van der Waals surface area contributed by atoms with Gasteiger partial charge in [-0.3, -0.25) is 9.36 Å². The number of hydrogen-bond acceptors (Lipinski definition) is 5. The van der Waals surface area contributed by atoms with E-state index in [-0.39, 0.29) is 18.4 Å². The van der Waals surface area contributed by atoms with Crippen molar-refractivity contribution in [2.45, 2.75) is 59.4 Å². The van der Waals surface area contributed by atoms with Crippen molar-refractivity contribution in [2.75, 3.05) is 5.32 Å². The van der Waals surface area contributed by atoms with Gasteiger partial charge in [-0.1, -0.05) is 80.6 Å². The van der Waals surface area contributed by atoms with Gasteiger partial charge in [-0.2, -0.15) is 0 Å². The predicted octanol–water partition coefficient (Wildman–Crippen LogP) is 8.96. The Bertz CT molecular complexity index is 1750. The van der Waals surface area contributed by atoms with Crippen LogP contribution in [0.25, 0.3) is 10.9 Å². The monoisotopic (exact) mass is 590 g/mol. The molecule has 7 nitrogen and oxygen atoms in total. The number of carbonyl (C=O) groups excluding carboxylic acids is 2. The average Bonchev–Trinajstić information content (AvgIpc) is 3.42. The molecule has 44 heavy (non-hydrogen) atoms. The minimum atomic E-state index is -0.638. The molecule has 1 heterocycles. The van der Waals surface area contributed by atoms with Gasteiger partial charge in [0.05, 0.1) is 11.1 Å². The smallest absolute Gasteiger partial charge is 0.418 e. The van der Waals surface area contributed by atoms with Crippen molar-refractivity contribution in [1.29, 1.82) is 0 Å². The highest BCUT2D eigenvalue weighted by Crippen LogP contribution is 2.35. The SMILES string of the molecule is CC(C)c1cc(C(=O)Nc2ccc3ccn(C(=O)OC(C)(C)C)c3c2)c(OCc2ccccc2)cc1OCc1ccccc1. The molecule has 0 atom stereocenters. The number of carbonyl (C=O) groups is 2. The van der Waals surface area contributed by atoms with Crippen LogP contribution in [0.15, 0.2) is 103 Å². The molecule has 0 saturated carbocycles. The third-order valence-electron chi connectivity index (χ3n) is 6.99. The average molecular weight is 591 g/mol. The number of amides is 1. The number of nitrogens with zero attached hydrogens (tertiary/aromatic N) is 1. The normalized spacial score (nSPS) is 11.4. The molecule has 4 aromatic carbocycles. The summed E-state index contributed by atoms with van der Waals surface area (Å²) >= 11 is 0. The Morgan fingerprint density at radius 2 is 1.39 bits per heavy atom. The van der Waals surface area contributed by atoms with Crippen LogP contribution < -0.4 is 14.8 Å². The maximum Gasteiger partial charge on any atom is 0.418 e. The fraction of sp³-hybridized carbons (Fsp3) is 0.243. The molecule has 0 radical (unpaired) electrons. The van der Waals surface area contributed by atoms with Crippen molar-refractivity contribution >= 4 is 28.6 Å². The fourth-order valence-electron chi connectivity index (χ4n) is 4.80. The molecule has 1 aromatic heterocycles. The molecule has 5 rings (SSSR count). The standard InChI is InChI=1S/C37H38N2O5/c1-25(2)30-21-31(35(40)38-29-17-16-28-18-19-39(32(28)20-29)36(41)44-37(3,4)5)34(43-24-27-14-10-7-11-15-27)22-33(30)42-23-26-12-8-6-9-13-26/h6-22,25H,23-24H2,1-5H3,(H,38,40). The quantitative estimate of drug-likeness (QED) is 0.185. The Hall–Kier alpha value is -5.04. The van der Waals surface area contributed by atoms with E-state index in [0.717, 1.165) is 22.1 Å². The second-order valence-corrected chi connectivity index (χ2v) is 12.0. The van der Waals surface area contributed by atoms with E-state index < -0.39 is 11.7 Å². The van der Waals surface area contributed by atoms with Gasteiger partial charge in [0, 0.05) is 23.3 Å². The molecule has 0 aliphatic rings. The molecule has 0 unspecified atom stereocenters. The van der Waals surface area contributed by atoms with E-state index in [4.69, 9.17) is 14.2 Å². The van der Waals surface area contributed by atoms with Gasteiger partial charge in [0.2, 0.25) is 0 Å². The third kappa shape index (κ3) is 7.48. The summed E-state index contributed by atoms with van der Waals surface area (Å²) in [4.78, 5) is 26.7. The Morgan fingerprint density at radius 3 is 1.98 bits per heavy atom. The predicted molar refractivity (Wildman–Crippen MR) is 174 cm³/mol. The zero-order chi connectivity index (χ0) is 31.3. The first kappa shape index (κ1) is 30.4. The van der Waals surface area contributed by atoms with E-state index in [2.05, 4.69) is 19.2 Å². The maximum atomic E-state index is 13.9. The summed E-state index contributed by atoms with van der Waals surface area (Å²) in [5, 5.41) is 3.86. The summed E-state index contributed by atoms with van der Waals surface area (Å²) < 4.78 is 19.5. The zero-order valence-corrected chi connectivity index (χ0v) is 25.8. The summed E-state index contributed by atoms with van der Waals surface area (Å²) in [6.07, 6.45) is 1.18. The number of benzene rings is 4. The Kier molecular flexibility index (Phi) is 9.04. The van der Waals surface area contributed by atoms with Crippen LogP contribution in [-0.2, 0) is 18.0 Å². The topological polar surface area (TPSA) is 78.8 Å². The highest BCUT2D eigenvalue weighted by atomic mass is 16.6. The van der Waals surface area contributed by atoms with E-state index in [0.29, 0.717) is 34.9 Å². The van der Waals surface area contributed by atoms with Crippen molar-refractivity contribution in [3.63, 3.8) is 0 Å². The summed E-state index contributed by atoms with van der Waals surface area (Å²) in [7, 11) is 0. The molecule has 0 fully saturated rings. The van der Waals surface area contributed by atoms with Crippen molar-refractivity contribution in [3.05, 3.63) is 126 Å². The first-order valence-corrected chi connectivity index (χ1v) is 14.7. The minimum Gasteiger partial charge on any atom is -0.488 e. The largest absolute Gasteiger partial charge is 0.488 e. The molecule has 0 bridgehead atoms. The lowest BCUT2D eigenvalue weighted by Crippen LogP contribution is -2.26. The molecule has 0 spiro atoms. The molecule has 226 valence electrons. The number of ether oxygens (including phenoxy) is 3. The van der Waals surface area contributed by atoms with Gasteiger partial charge < -0.3 is 19.5 Å². The van der Waals surface area contributed by atoms with Crippen LogP contribution in [0.5, 0.6) is 11.5 Å². The van der Waals surface area contributed by atoms with Crippen LogP contribution in [0.1, 0.15) is 67.6 Å². The van der Waals surface area contributed by atoms with Crippen molar-refractivity contribution in [1.82, 2.24) is 4.57 Å². The van der Waals surface area contributed by atoms with Gasteiger partial charge >= 0.3 is 6.09 Å². The summed E-state index contributed by atoms with van der Waals surface area (Å²) in [6, 6.07) is 30.7. The molecule has 5 aromatic rings. The second kappa shape index (κ2) is 13.1. The van der Waals surface area contributed by atoms with Crippen LogP contribution in [-0.4, -0.2) is 22.2 Å². The van der Waals surface area contributed by atoms with Gasteiger partial charge in [-0.15, -0.1) is 0 Å². The van der Waals surface area contributed by atoms with Crippen molar-refractivity contribution in [2.24, 2.45) is 0 Å². The van der Waals surface area contributed by atoms with E-state index in [1.54, 1.807) is 12.3 Å². The number of rotatable bonds is 9. The zero-order valence-electron chi connectivity index (χ0n) is 25.8. The highest BCUT2D eigenvalue weighted by Gasteiger charge is 2.22. The first-order chi connectivity index (χ1) is 21.1. The number of anilines is 1. The summed E-state index contributed by atoms with van der Waals surface area (Å²) in [6.45, 7) is 10.3. The summed E-state index contributed by atoms with van der Waals surface area (Å²) in [5.74, 6) is 0.834. The van der Waals surface area contributed by atoms with Crippen LogP contribution in [0.2, 0.25) is 0 Å². The lowest BCUT2D eigenvalue weighted by Gasteiger charge is -2.20. The molecule has 1 N–H and O–H groups in total. The lowest BCUT2D eigenvalue weighted by atomic mass is 9.98. The van der Waals surface area contributed by atoms with Gasteiger partial charge in [0.1, 0.15) is 30.3 Å². The van der Waals surface area contributed by atoms with E-state index in [1.807, 2.05) is 112 Å². The van der Waals surface area contributed by atoms with Gasteiger partial charge in [-0.25, -0.2) is 4.79 Å². The molecule has 0 aliphatic carbocycles. The van der Waals surface area contributed by atoms with Gasteiger partial charge in [-0.05, 0) is 67.6 Å². The molecule has 0 aliphatic heterocycles. The first-order valence-electron chi connectivity index (χ1n) is 14.7. The molecular weight excluding hydrogens is 552 g/mol. The number of aromatic nitrogens is 1. The Labute approximate surface area is 258 Å².